The number of benzene rings is 1. The van der Waals surface area contributed by atoms with E-state index in [-0.39, 0.29) is 11.9 Å². The fraction of sp³-hybridized carbons (Fsp3) is 0.529. The highest BCUT2D eigenvalue weighted by Crippen LogP contribution is 2.21. The van der Waals surface area contributed by atoms with E-state index in [2.05, 4.69) is 20.3 Å². The molecule has 2 heterocycles. The average Bonchev–Trinajstić information content (AvgIpc) is 3.11. The molecule has 0 radical (unpaired) electrons. The molecule has 0 bridgehead atoms. The second-order valence-electron chi connectivity index (χ2n) is 6.00. The second-order valence-corrected chi connectivity index (χ2v) is 6.00. The summed E-state index contributed by atoms with van der Waals surface area (Å²) in [7, 11) is 1.63. The van der Waals surface area contributed by atoms with Gasteiger partial charge in [0.2, 0.25) is 5.82 Å². The van der Waals surface area contributed by atoms with Crippen LogP contribution < -0.4 is 4.74 Å². The molecule has 1 saturated heterocycles. The van der Waals surface area contributed by atoms with Crippen LogP contribution in [-0.2, 0) is 16.2 Å². The van der Waals surface area contributed by atoms with Crippen LogP contribution >= 0.6 is 0 Å². The topological polar surface area (TPSA) is 82.4 Å². The smallest absolute Gasteiger partial charge is 0.309 e. The van der Waals surface area contributed by atoms with Crippen LogP contribution in [0, 0.1) is 5.92 Å². The molecule has 0 unspecified atom stereocenters. The number of methoxy groups -OCH3 is 1. The number of nitrogens with zero attached hydrogens (tertiary/aromatic N) is 5. The van der Waals surface area contributed by atoms with E-state index in [9.17, 15) is 4.79 Å². The maximum atomic E-state index is 11.8. The van der Waals surface area contributed by atoms with Crippen molar-refractivity contribution in [3.63, 3.8) is 0 Å². The highest BCUT2D eigenvalue weighted by atomic mass is 16.5. The van der Waals surface area contributed by atoms with Gasteiger partial charge in [0.25, 0.3) is 0 Å². The van der Waals surface area contributed by atoms with Gasteiger partial charge in [-0.1, -0.05) is 12.1 Å². The van der Waals surface area contributed by atoms with Gasteiger partial charge in [0.05, 0.1) is 19.6 Å². The van der Waals surface area contributed by atoms with Crippen LogP contribution in [-0.4, -0.2) is 57.9 Å². The van der Waals surface area contributed by atoms with Crippen molar-refractivity contribution in [3.05, 3.63) is 24.3 Å². The monoisotopic (exact) mass is 345 g/mol. The van der Waals surface area contributed by atoms with E-state index >= 15 is 0 Å². The van der Waals surface area contributed by atoms with Gasteiger partial charge in [0, 0.05) is 18.7 Å². The van der Waals surface area contributed by atoms with Gasteiger partial charge in [-0.25, -0.2) is 0 Å². The Morgan fingerprint density at radius 3 is 2.84 bits per heavy atom. The van der Waals surface area contributed by atoms with Gasteiger partial charge in [-0.2, -0.15) is 0 Å². The molecule has 1 fully saturated rings. The number of carbonyl (C=O) groups excluding carboxylic acids is 1. The fourth-order valence-electron chi connectivity index (χ4n) is 2.93. The Bertz CT molecular complexity index is 710. The molecule has 1 aliphatic rings. The van der Waals surface area contributed by atoms with E-state index in [0.29, 0.717) is 19.1 Å². The molecule has 1 aromatic carbocycles. The normalized spacial score (nSPS) is 15.9. The maximum absolute atomic E-state index is 11.8. The summed E-state index contributed by atoms with van der Waals surface area (Å²) in [6.07, 6.45) is 1.60. The van der Waals surface area contributed by atoms with Crippen molar-refractivity contribution < 1.29 is 14.3 Å². The first-order valence-electron chi connectivity index (χ1n) is 8.51. The van der Waals surface area contributed by atoms with Gasteiger partial charge in [-0.05, 0) is 37.1 Å². The fourth-order valence-corrected chi connectivity index (χ4v) is 2.93. The van der Waals surface area contributed by atoms with Crippen molar-refractivity contribution in [2.24, 2.45) is 5.92 Å². The molecule has 0 aliphatic carbocycles. The van der Waals surface area contributed by atoms with Crippen LogP contribution in [0.4, 0.5) is 0 Å². The van der Waals surface area contributed by atoms with Crippen molar-refractivity contribution in [1.82, 2.24) is 25.1 Å². The predicted octanol–water partition coefficient (Wildman–Crippen LogP) is 1.58. The Labute approximate surface area is 146 Å². The highest BCUT2D eigenvalue weighted by Gasteiger charge is 2.26. The van der Waals surface area contributed by atoms with Gasteiger partial charge < -0.3 is 9.47 Å². The number of hydrogen-bond donors (Lipinski definition) is 0. The molecule has 25 heavy (non-hydrogen) atoms. The molecular weight excluding hydrogens is 322 g/mol. The molecular formula is C17H23N5O3. The lowest BCUT2D eigenvalue weighted by atomic mass is 9.97. The van der Waals surface area contributed by atoms with Gasteiger partial charge in [-0.15, -0.1) is 15.0 Å². The third-order valence-electron chi connectivity index (χ3n) is 4.31. The minimum atomic E-state index is -0.0821. The molecule has 0 atom stereocenters. The van der Waals surface area contributed by atoms with Crippen molar-refractivity contribution in [3.8, 4) is 17.1 Å². The van der Waals surface area contributed by atoms with Crippen molar-refractivity contribution in [2.75, 3.05) is 26.8 Å². The molecule has 3 rings (SSSR count). The molecule has 0 amide bonds. The van der Waals surface area contributed by atoms with Crippen LogP contribution in [0.15, 0.2) is 24.3 Å². The second kappa shape index (κ2) is 8.06. The van der Waals surface area contributed by atoms with Crippen molar-refractivity contribution >= 4 is 5.97 Å². The minimum absolute atomic E-state index is 0.00671. The zero-order chi connectivity index (χ0) is 17.6. The Balaban J connectivity index is 1.56. The van der Waals surface area contributed by atoms with Gasteiger partial charge in [-0.3, -0.25) is 9.69 Å². The molecule has 0 N–H and O–H groups in total. The van der Waals surface area contributed by atoms with E-state index in [1.165, 1.54) is 0 Å². The van der Waals surface area contributed by atoms with Crippen LogP contribution in [0.2, 0.25) is 0 Å². The number of piperidine rings is 1. The number of aromatic nitrogens is 4. The zero-order valence-corrected chi connectivity index (χ0v) is 14.6. The first-order valence-corrected chi connectivity index (χ1v) is 8.51. The summed E-state index contributed by atoms with van der Waals surface area (Å²) in [6.45, 7) is 4.48. The third-order valence-corrected chi connectivity index (χ3v) is 4.31. The molecule has 1 aromatic heterocycles. The number of ether oxygens (including phenoxy) is 2. The van der Waals surface area contributed by atoms with Crippen LogP contribution in [0.1, 0.15) is 19.8 Å². The molecule has 2 aromatic rings. The van der Waals surface area contributed by atoms with E-state index in [1.54, 1.807) is 11.9 Å². The molecule has 1 aliphatic heterocycles. The largest absolute Gasteiger partial charge is 0.497 e. The molecule has 0 spiro atoms. The average molecular weight is 345 g/mol. The lowest BCUT2D eigenvalue weighted by Gasteiger charge is -2.29. The number of hydrogen-bond acceptors (Lipinski definition) is 7. The summed E-state index contributed by atoms with van der Waals surface area (Å²) in [5, 5.41) is 12.7. The molecule has 8 nitrogen and oxygen atoms in total. The lowest BCUT2D eigenvalue weighted by Crippen LogP contribution is -2.38. The summed E-state index contributed by atoms with van der Waals surface area (Å²) in [5.41, 5.74) is 0.867. The van der Waals surface area contributed by atoms with Gasteiger partial charge >= 0.3 is 5.97 Å². The van der Waals surface area contributed by atoms with Gasteiger partial charge in [0.1, 0.15) is 12.4 Å². The molecule has 8 heteroatoms. The van der Waals surface area contributed by atoms with Crippen LogP contribution in [0.3, 0.4) is 0 Å². The number of tetrazole rings is 1. The van der Waals surface area contributed by atoms with Crippen LogP contribution in [0.25, 0.3) is 11.4 Å². The van der Waals surface area contributed by atoms with Crippen molar-refractivity contribution in [2.45, 2.75) is 26.4 Å². The number of likely N-dealkylation sites (tertiary alicyclic amines) is 1. The summed E-state index contributed by atoms with van der Waals surface area (Å²) in [4.78, 5) is 15.6. The Hall–Kier alpha value is -2.48. The minimum Gasteiger partial charge on any atom is -0.497 e. The zero-order valence-electron chi connectivity index (χ0n) is 14.6. The number of carbonyl (C=O) groups is 1. The van der Waals surface area contributed by atoms with E-state index in [4.69, 9.17) is 9.47 Å². The van der Waals surface area contributed by atoms with Crippen molar-refractivity contribution in [1.29, 1.82) is 0 Å². The maximum Gasteiger partial charge on any atom is 0.309 e. The Morgan fingerprint density at radius 2 is 2.12 bits per heavy atom. The van der Waals surface area contributed by atoms with Gasteiger partial charge in [0.15, 0.2) is 0 Å². The summed E-state index contributed by atoms with van der Waals surface area (Å²) >= 11 is 0. The quantitative estimate of drug-likeness (QED) is 0.735. The standard InChI is InChI=1S/C17H23N5O3/c1-3-25-17(23)13-7-9-21(10-8-13)12-22-19-16(18-20-22)14-5-4-6-15(11-14)24-2/h4-6,11,13H,3,7-10,12H2,1-2H3. The first kappa shape index (κ1) is 17.3. The lowest BCUT2D eigenvalue weighted by molar-refractivity contribution is -0.149. The van der Waals surface area contributed by atoms with E-state index in [1.807, 2.05) is 31.2 Å². The Kier molecular flexibility index (Phi) is 5.60. The first-order chi connectivity index (χ1) is 12.2. The Morgan fingerprint density at radius 1 is 1.32 bits per heavy atom. The number of esters is 1. The molecule has 134 valence electrons. The number of rotatable bonds is 6. The summed E-state index contributed by atoms with van der Waals surface area (Å²) in [6, 6.07) is 7.58. The van der Waals surface area contributed by atoms with E-state index < -0.39 is 0 Å². The highest BCUT2D eigenvalue weighted by molar-refractivity contribution is 5.72. The third kappa shape index (κ3) is 4.33. The summed E-state index contributed by atoms with van der Waals surface area (Å²) in [5.74, 6) is 1.25. The van der Waals surface area contributed by atoms with E-state index in [0.717, 1.165) is 37.2 Å². The SMILES string of the molecule is CCOC(=O)C1CCN(Cn2nnc(-c3cccc(OC)c3)n2)CC1. The van der Waals surface area contributed by atoms with Crippen LogP contribution in [0.5, 0.6) is 5.75 Å². The predicted molar refractivity (Wildman–Crippen MR) is 90.7 cm³/mol. The molecule has 0 saturated carbocycles. The summed E-state index contributed by atoms with van der Waals surface area (Å²) < 4.78 is 10.3.